The predicted molar refractivity (Wildman–Crippen MR) is 91.4 cm³/mol. The molecule has 1 aromatic rings. The fourth-order valence-electron chi connectivity index (χ4n) is 3.93. The summed E-state index contributed by atoms with van der Waals surface area (Å²) < 4.78 is 13.0. The van der Waals surface area contributed by atoms with Crippen molar-refractivity contribution in [1.82, 2.24) is 9.55 Å². The van der Waals surface area contributed by atoms with E-state index in [0.29, 0.717) is 43.9 Å². The lowest BCUT2D eigenvalue weighted by atomic mass is 9.98. The molecule has 0 bridgehead atoms. The fourth-order valence-corrected chi connectivity index (χ4v) is 3.93. The lowest BCUT2D eigenvalue weighted by Crippen LogP contribution is -2.29. The average molecular weight is 331 g/mol. The second kappa shape index (κ2) is 6.67. The molecule has 0 amide bonds. The third kappa shape index (κ3) is 2.88. The molecule has 1 saturated carbocycles. The van der Waals surface area contributed by atoms with Crippen molar-refractivity contribution in [3.8, 4) is 6.01 Å². The molecule has 6 nitrogen and oxygen atoms in total. The Balaban J connectivity index is 1.66. The van der Waals surface area contributed by atoms with Crippen LogP contribution in [-0.2, 0) is 17.7 Å². The summed E-state index contributed by atoms with van der Waals surface area (Å²) in [6.07, 6.45) is 7.29. The van der Waals surface area contributed by atoms with Crippen molar-refractivity contribution >= 4 is 11.5 Å². The van der Waals surface area contributed by atoms with Crippen molar-refractivity contribution < 1.29 is 9.47 Å². The topological polar surface area (TPSA) is 65.7 Å². The van der Waals surface area contributed by atoms with Crippen LogP contribution in [0.1, 0.15) is 51.0 Å². The summed E-state index contributed by atoms with van der Waals surface area (Å²) >= 11 is 0. The van der Waals surface area contributed by atoms with Crippen LogP contribution in [0.2, 0.25) is 0 Å². The molecule has 0 spiro atoms. The number of hydrogen-bond donors (Lipinski definition) is 0. The van der Waals surface area contributed by atoms with Gasteiger partial charge in [-0.2, -0.15) is 4.98 Å². The van der Waals surface area contributed by atoms with E-state index in [2.05, 4.69) is 11.9 Å². The van der Waals surface area contributed by atoms with Crippen LogP contribution < -0.4 is 10.3 Å². The summed E-state index contributed by atoms with van der Waals surface area (Å²) in [7, 11) is 0. The molecule has 24 heavy (non-hydrogen) atoms. The van der Waals surface area contributed by atoms with Crippen molar-refractivity contribution in [1.29, 1.82) is 0 Å². The van der Waals surface area contributed by atoms with Crippen LogP contribution in [0.3, 0.4) is 0 Å². The van der Waals surface area contributed by atoms with Gasteiger partial charge in [-0.15, -0.1) is 0 Å². The summed E-state index contributed by atoms with van der Waals surface area (Å²) in [6, 6.07) is 0.410. The maximum atomic E-state index is 12.9. The van der Waals surface area contributed by atoms with Crippen LogP contribution in [0.4, 0.5) is 5.82 Å². The van der Waals surface area contributed by atoms with Gasteiger partial charge in [0.1, 0.15) is 6.10 Å². The first kappa shape index (κ1) is 15.8. The predicted octanol–water partition coefficient (Wildman–Crippen LogP) is 2.64. The Morgan fingerprint density at radius 1 is 1.29 bits per heavy atom. The molecule has 3 heterocycles. The first-order chi connectivity index (χ1) is 11.8. The molecule has 1 aromatic heterocycles. The molecule has 0 N–H and O–H groups in total. The van der Waals surface area contributed by atoms with E-state index in [1.54, 1.807) is 4.57 Å². The van der Waals surface area contributed by atoms with Gasteiger partial charge in [-0.25, -0.2) is 4.99 Å². The van der Waals surface area contributed by atoms with E-state index in [0.717, 1.165) is 24.1 Å². The number of aliphatic imine (C=N–C) groups is 1. The van der Waals surface area contributed by atoms with Crippen LogP contribution >= 0.6 is 0 Å². The largest absolute Gasteiger partial charge is 0.459 e. The Bertz CT molecular complexity index is 698. The molecule has 0 aromatic carbocycles. The normalized spacial score (nSPS) is 23.5. The van der Waals surface area contributed by atoms with Crippen LogP contribution in [0.15, 0.2) is 9.79 Å². The number of ether oxygens (including phenoxy) is 2. The molecule has 1 aliphatic carbocycles. The van der Waals surface area contributed by atoms with Gasteiger partial charge in [0.15, 0.2) is 5.82 Å². The molecule has 2 aliphatic heterocycles. The smallest absolute Gasteiger partial charge is 0.301 e. The van der Waals surface area contributed by atoms with Gasteiger partial charge in [0.2, 0.25) is 0 Å². The van der Waals surface area contributed by atoms with Gasteiger partial charge in [0.25, 0.3) is 5.56 Å². The minimum atomic E-state index is -0.0160. The van der Waals surface area contributed by atoms with Crippen molar-refractivity contribution in [3.05, 3.63) is 15.9 Å². The fraction of sp³-hybridized carbons (Fsp3) is 0.722. The Hall–Kier alpha value is -1.69. The van der Waals surface area contributed by atoms with Crippen LogP contribution in [0, 0.1) is 5.92 Å². The van der Waals surface area contributed by atoms with Crippen LogP contribution in [-0.4, -0.2) is 34.6 Å². The molecule has 0 radical (unpaired) electrons. The second-order valence-corrected chi connectivity index (χ2v) is 7.02. The van der Waals surface area contributed by atoms with Gasteiger partial charge in [0.05, 0.1) is 18.8 Å². The second-order valence-electron chi connectivity index (χ2n) is 7.02. The molecule has 130 valence electrons. The van der Waals surface area contributed by atoms with Gasteiger partial charge >= 0.3 is 6.01 Å². The number of rotatable bonds is 5. The van der Waals surface area contributed by atoms with Gasteiger partial charge in [-0.1, -0.05) is 19.8 Å². The highest BCUT2D eigenvalue weighted by Crippen LogP contribution is 2.33. The van der Waals surface area contributed by atoms with Crippen molar-refractivity contribution in [2.24, 2.45) is 10.9 Å². The van der Waals surface area contributed by atoms with Gasteiger partial charge in [0, 0.05) is 25.1 Å². The minimum Gasteiger partial charge on any atom is -0.459 e. The maximum absolute atomic E-state index is 12.9. The Morgan fingerprint density at radius 2 is 2.12 bits per heavy atom. The third-order valence-electron chi connectivity index (χ3n) is 5.25. The number of nitrogens with zero attached hydrogens (tertiary/aromatic N) is 3. The average Bonchev–Trinajstić information content (AvgIpc) is 3.30. The molecule has 1 atom stereocenters. The molecule has 2 fully saturated rings. The molecular formula is C18H25N3O3. The van der Waals surface area contributed by atoms with Crippen molar-refractivity contribution in [2.75, 3.05) is 13.2 Å². The molecule has 6 heteroatoms. The standard InChI is InChI=1S/C18H25N3O3/c1-2-8-21-17(22)14-10-15(12-5-3-4-6-12)19-16(14)20-18(21)24-13-7-9-23-11-13/h12-13H,2-11H2,1H3. The van der Waals surface area contributed by atoms with Gasteiger partial charge < -0.3 is 9.47 Å². The van der Waals surface area contributed by atoms with E-state index in [-0.39, 0.29) is 11.7 Å². The summed E-state index contributed by atoms with van der Waals surface area (Å²) in [4.78, 5) is 22.3. The zero-order chi connectivity index (χ0) is 16.5. The first-order valence-corrected chi connectivity index (χ1v) is 9.22. The highest BCUT2D eigenvalue weighted by atomic mass is 16.6. The molecular weight excluding hydrogens is 306 g/mol. The highest BCUT2D eigenvalue weighted by Gasteiger charge is 2.30. The minimum absolute atomic E-state index is 0.0160. The SMILES string of the molecule is CCCn1c(OC2CCOC2)nc2c(c1=O)CC(C1CCCC1)=N2. The molecule has 1 saturated heterocycles. The number of hydrogen-bond acceptors (Lipinski definition) is 5. The van der Waals surface area contributed by atoms with Crippen LogP contribution in [0.25, 0.3) is 0 Å². The first-order valence-electron chi connectivity index (χ1n) is 9.22. The molecule has 4 rings (SSSR count). The Morgan fingerprint density at radius 3 is 2.83 bits per heavy atom. The Kier molecular flexibility index (Phi) is 4.39. The van der Waals surface area contributed by atoms with E-state index in [1.807, 2.05) is 0 Å². The maximum Gasteiger partial charge on any atom is 0.301 e. The lowest BCUT2D eigenvalue weighted by molar-refractivity contribution is 0.129. The van der Waals surface area contributed by atoms with Gasteiger partial charge in [-0.05, 0) is 25.2 Å². The summed E-state index contributed by atoms with van der Waals surface area (Å²) in [5.41, 5.74) is 1.92. The summed E-state index contributed by atoms with van der Waals surface area (Å²) in [5.74, 6) is 1.12. The van der Waals surface area contributed by atoms with E-state index in [9.17, 15) is 4.79 Å². The molecule has 3 aliphatic rings. The van der Waals surface area contributed by atoms with Crippen LogP contribution in [0.5, 0.6) is 6.01 Å². The monoisotopic (exact) mass is 331 g/mol. The van der Waals surface area contributed by atoms with E-state index < -0.39 is 0 Å². The third-order valence-corrected chi connectivity index (χ3v) is 5.25. The van der Waals surface area contributed by atoms with Crippen molar-refractivity contribution in [3.63, 3.8) is 0 Å². The molecule has 1 unspecified atom stereocenters. The van der Waals surface area contributed by atoms with E-state index >= 15 is 0 Å². The van der Waals surface area contributed by atoms with Gasteiger partial charge in [-0.3, -0.25) is 9.36 Å². The summed E-state index contributed by atoms with van der Waals surface area (Å²) in [5, 5.41) is 0. The number of fused-ring (bicyclic) bond motifs is 1. The summed E-state index contributed by atoms with van der Waals surface area (Å²) in [6.45, 7) is 3.95. The van der Waals surface area contributed by atoms with Crippen molar-refractivity contribution in [2.45, 2.75) is 64.5 Å². The van der Waals surface area contributed by atoms with E-state index in [1.165, 1.54) is 25.7 Å². The zero-order valence-electron chi connectivity index (χ0n) is 14.3. The van der Waals surface area contributed by atoms with E-state index in [4.69, 9.17) is 14.5 Å². The zero-order valence-corrected chi connectivity index (χ0v) is 14.3. The lowest BCUT2D eigenvalue weighted by Gasteiger charge is -2.16. The Labute approximate surface area is 141 Å². The highest BCUT2D eigenvalue weighted by molar-refractivity contribution is 5.94. The quantitative estimate of drug-likeness (QED) is 0.832. The number of aromatic nitrogens is 2.